The molecule has 0 bridgehead atoms. The smallest absolute Gasteiger partial charge is 0.223 e. The molecule has 0 aliphatic carbocycles. The van der Waals surface area contributed by atoms with Gasteiger partial charge in [0.25, 0.3) is 0 Å². The Morgan fingerprint density at radius 1 is 1.21 bits per heavy atom. The normalized spacial score (nSPS) is 19.5. The molecule has 0 radical (unpaired) electrons. The summed E-state index contributed by atoms with van der Waals surface area (Å²) in [6, 6.07) is 6.42. The van der Waals surface area contributed by atoms with Crippen molar-refractivity contribution in [3.8, 4) is 5.75 Å². The van der Waals surface area contributed by atoms with Crippen LogP contribution in [0.25, 0.3) is 0 Å². The lowest BCUT2D eigenvalue weighted by Crippen LogP contribution is -2.33. The molecule has 24 heavy (non-hydrogen) atoms. The monoisotopic (exact) mass is 330 g/mol. The van der Waals surface area contributed by atoms with Gasteiger partial charge in [0.1, 0.15) is 11.4 Å². The highest BCUT2D eigenvalue weighted by molar-refractivity contribution is 5.76. The van der Waals surface area contributed by atoms with Crippen molar-refractivity contribution in [3.63, 3.8) is 0 Å². The summed E-state index contributed by atoms with van der Waals surface area (Å²) in [5, 5.41) is 3.41. The van der Waals surface area contributed by atoms with E-state index in [1.165, 1.54) is 24.0 Å². The van der Waals surface area contributed by atoms with E-state index >= 15 is 0 Å². The van der Waals surface area contributed by atoms with Gasteiger partial charge in [-0.1, -0.05) is 25.0 Å². The molecule has 0 spiro atoms. The van der Waals surface area contributed by atoms with Crippen LogP contribution in [-0.2, 0) is 17.8 Å². The van der Waals surface area contributed by atoms with Crippen LogP contribution in [0.5, 0.6) is 5.75 Å². The fraction of sp³-hybridized carbons (Fsp3) is 0.650. The first-order valence-corrected chi connectivity index (χ1v) is 9.33. The Morgan fingerprint density at radius 3 is 2.71 bits per heavy atom. The molecule has 0 unspecified atom stereocenters. The van der Waals surface area contributed by atoms with Crippen LogP contribution in [0.3, 0.4) is 0 Å². The van der Waals surface area contributed by atoms with E-state index in [4.69, 9.17) is 4.74 Å². The summed E-state index contributed by atoms with van der Waals surface area (Å²) in [5.74, 6) is 1.31. The Hall–Kier alpha value is -1.55. The van der Waals surface area contributed by atoms with Crippen LogP contribution in [-0.4, -0.2) is 36.0 Å². The van der Waals surface area contributed by atoms with E-state index in [9.17, 15) is 4.79 Å². The van der Waals surface area contributed by atoms with Gasteiger partial charge >= 0.3 is 0 Å². The van der Waals surface area contributed by atoms with Crippen molar-refractivity contribution in [3.05, 3.63) is 29.3 Å². The average Bonchev–Trinajstić information content (AvgIpc) is 2.72. The highest BCUT2D eigenvalue weighted by atomic mass is 16.5. The number of likely N-dealkylation sites (tertiary alicyclic amines) is 1. The number of rotatable bonds is 5. The van der Waals surface area contributed by atoms with Crippen LogP contribution < -0.4 is 10.1 Å². The van der Waals surface area contributed by atoms with Crippen LogP contribution in [0.1, 0.15) is 57.1 Å². The Kier molecular flexibility index (Phi) is 5.44. The maximum atomic E-state index is 12.3. The third-order valence-corrected chi connectivity index (χ3v) is 4.93. The maximum absolute atomic E-state index is 12.3. The summed E-state index contributed by atoms with van der Waals surface area (Å²) in [6.45, 7) is 7.69. The number of carbonyl (C=O) groups is 1. The molecular weight excluding hydrogens is 300 g/mol. The first kappa shape index (κ1) is 17.3. The Balaban J connectivity index is 1.42. The van der Waals surface area contributed by atoms with E-state index in [0.29, 0.717) is 12.3 Å². The zero-order valence-electron chi connectivity index (χ0n) is 15.1. The zero-order valence-corrected chi connectivity index (χ0v) is 15.1. The van der Waals surface area contributed by atoms with E-state index in [2.05, 4.69) is 37.4 Å². The maximum Gasteiger partial charge on any atom is 0.223 e. The molecule has 1 aromatic carbocycles. The second-order valence-electron chi connectivity index (χ2n) is 7.70. The first-order valence-electron chi connectivity index (χ1n) is 9.33. The standard InChI is InChI=1S/C20H30N2O2/c1-20(2)14-17-13-16(7-8-18(17)24-20)15-21-10-9-19(23)22-11-5-3-4-6-12-22/h7-8,13,21H,3-6,9-12,14-15H2,1-2H3. The summed E-state index contributed by atoms with van der Waals surface area (Å²) in [7, 11) is 0. The SMILES string of the molecule is CC1(C)Cc2cc(CNCCC(=O)N3CCCCCC3)ccc2O1. The van der Waals surface area contributed by atoms with Gasteiger partial charge in [-0.05, 0) is 43.9 Å². The Bertz CT molecular complexity index is 575. The molecule has 4 nitrogen and oxygen atoms in total. The van der Waals surface area contributed by atoms with Crippen molar-refractivity contribution in [2.24, 2.45) is 0 Å². The quantitative estimate of drug-likeness (QED) is 0.843. The molecule has 0 aromatic heterocycles. The number of nitrogens with one attached hydrogen (secondary N) is 1. The van der Waals surface area contributed by atoms with Crippen molar-refractivity contribution in [2.45, 2.75) is 64.5 Å². The predicted octanol–water partition coefficient (Wildman–Crippen LogP) is 3.28. The molecule has 2 heterocycles. The van der Waals surface area contributed by atoms with Gasteiger partial charge in [0, 0.05) is 39.0 Å². The molecule has 4 heteroatoms. The number of carbonyl (C=O) groups excluding carboxylic acids is 1. The number of fused-ring (bicyclic) bond motifs is 1. The molecule has 2 aliphatic heterocycles. The van der Waals surface area contributed by atoms with Gasteiger partial charge in [-0.15, -0.1) is 0 Å². The highest BCUT2D eigenvalue weighted by Gasteiger charge is 2.29. The van der Waals surface area contributed by atoms with Crippen LogP contribution >= 0.6 is 0 Å². The minimum Gasteiger partial charge on any atom is -0.487 e. The van der Waals surface area contributed by atoms with Gasteiger partial charge in [0.05, 0.1) is 0 Å². The minimum atomic E-state index is -0.0893. The number of nitrogens with zero attached hydrogens (tertiary/aromatic N) is 1. The largest absolute Gasteiger partial charge is 0.487 e. The number of hydrogen-bond acceptors (Lipinski definition) is 3. The van der Waals surface area contributed by atoms with Gasteiger partial charge in [-0.25, -0.2) is 0 Å². The third-order valence-electron chi connectivity index (χ3n) is 4.93. The molecule has 1 N–H and O–H groups in total. The zero-order chi connectivity index (χ0) is 17.0. The van der Waals surface area contributed by atoms with Crippen molar-refractivity contribution >= 4 is 5.91 Å². The number of amides is 1. The fourth-order valence-electron chi connectivity index (χ4n) is 3.68. The molecule has 0 atom stereocenters. The fourth-order valence-corrected chi connectivity index (χ4v) is 3.68. The molecule has 0 saturated carbocycles. The van der Waals surface area contributed by atoms with E-state index in [1.54, 1.807) is 0 Å². The number of hydrogen-bond donors (Lipinski definition) is 1. The highest BCUT2D eigenvalue weighted by Crippen LogP contribution is 2.35. The van der Waals surface area contributed by atoms with Gasteiger partial charge in [-0.3, -0.25) is 4.79 Å². The summed E-state index contributed by atoms with van der Waals surface area (Å²) in [4.78, 5) is 14.3. The van der Waals surface area contributed by atoms with Crippen molar-refractivity contribution < 1.29 is 9.53 Å². The van der Waals surface area contributed by atoms with Crippen LogP contribution in [0, 0.1) is 0 Å². The van der Waals surface area contributed by atoms with Gasteiger partial charge in [-0.2, -0.15) is 0 Å². The molecule has 1 saturated heterocycles. The number of ether oxygens (including phenoxy) is 1. The second kappa shape index (κ2) is 7.56. The van der Waals surface area contributed by atoms with Crippen molar-refractivity contribution in [1.29, 1.82) is 0 Å². The van der Waals surface area contributed by atoms with E-state index in [1.807, 2.05) is 4.90 Å². The van der Waals surface area contributed by atoms with E-state index in [0.717, 1.165) is 51.2 Å². The molecule has 1 fully saturated rings. The molecular formula is C20H30N2O2. The lowest BCUT2D eigenvalue weighted by molar-refractivity contribution is -0.131. The molecule has 2 aliphatic rings. The predicted molar refractivity (Wildman–Crippen MR) is 96.2 cm³/mol. The van der Waals surface area contributed by atoms with E-state index < -0.39 is 0 Å². The Labute approximate surface area is 145 Å². The van der Waals surface area contributed by atoms with E-state index in [-0.39, 0.29) is 5.60 Å². The summed E-state index contributed by atoms with van der Waals surface area (Å²) in [6.07, 6.45) is 6.41. The minimum absolute atomic E-state index is 0.0893. The van der Waals surface area contributed by atoms with Gasteiger partial charge in [0.15, 0.2) is 0 Å². The molecule has 1 aromatic rings. The number of benzene rings is 1. The molecule has 132 valence electrons. The topological polar surface area (TPSA) is 41.6 Å². The lowest BCUT2D eigenvalue weighted by Gasteiger charge is -2.20. The third kappa shape index (κ3) is 4.50. The average molecular weight is 330 g/mol. The van der Waals surface area contributed by atoms with Crippen LogP contribution in [0.2, 0.25) is 0 Å². The Morgan fingerprint density at radius 2 is 1.96 bits per heavy atom. The van der Waals surface area contributed by atoms with Crippen LogP contribution in [0.15, 0.2) is 18.2 Å². The molecule has 3 rings (SSSR count). The second-order valence-corrected chi connectivity index (χ2v) is 7.70. The molecule has 1 amide bonds. The summed E-state index contributed by atoms with van der Waals surface area (Å²) >= 11 is 0. The summed E-state index contributed by atoms with van der Waals surface area (Å²) < 4.78 is 5.91. The van der Waals surface area contributed by atoms with Crippen LogP contribution in [0.4, 0.5) is 0 Å². The van der Waals surface area contributed by atoms with Crippen molar-refractivity contribution in [2.75, 3.05) is 19.6 Å². The van der Waals surface area contributed by atoms with Gasteiger partial charge in [0.2, 0.25) is 5.91 Å². The summed E-state index contributed by atoms with van der Waals surface area (Å²) in [5.41, 5.74) is 2.46. The lowest BCUT2D eigenvalue weighted by atomic mass is 10.0. The van der Waals surface area contributed by atoms with Crippen molar-refractivity contribution in [1.82, 2.24) is 10.2 Å². The van der Waals surface area contributed by atoms with Gasteiger partial charge < -0.3 is 15.0 Å². The first-order chi connectivity index (χ1) is 11.5.